The standard InChI is InChI=1S/C12H16ClN3/c1-12(2,3)8-16(4)11-6-9(7-14)5-10(13)15-11/h5-6H,8H2,1-4H3. The molecule has 0 saturated heterocycles. The summed E-state index contributed by atoms with van der Waals surface area (Å²) in [5.41, 5.74) is 0.710. The SMILES string of the molecule is CN(CC(C)(C)C)c1cc(C#N)cc(Cl)n1. The molecule has 0 saturated carbocycles. The monoisotopic (exact) mass is 237 g/mol. The van der Waals surface area contributed by atoms with E-state index in [4.69, 9.17) is 16.9 Å². The van der Waals surface area contributed by atoms with Gasteiger partial charge in [0.15, 0.2) is 0 Å². The van der Waals surface area contributed by atoms with Gasteiger partial charge in [-0.05, 0) is 17.5 Å². The number of aromatic nitrogens is 1. The summed E-state index contributed by atoms with van der Waals surface area (Å²) in [5, 5.41) is 9.20. The van der Waals surface area contributed by atoms with Gasteiger partial charge in [0, 0.05) is 13.6 Å². The molecule has 0 bridgehead atoms. The molecule has 4 heteroatoms. The van der Waals surface area contributed by atoms with Gasteiger partial charge >= 0.3 is 0 Å². The fraction of sp³-hybridized carbons (Fsp3) is 0.500. The lowest BCUT2D eigenvalue weighted by molar-refractivity contribution is 0.418. The van der Waals surface area contributed by atoms with Crippen molar-refractivity contribution >= 4 is 17.4 Å². The Hall–Kier alpha value is -1.27. The van der Waals surface area contributed by atoms with E-state index in [0.29, 0.717) is 10.7 Å². The summed E-state index contributed by atoms with van der Waals surface area (Å²) in [7, 11) is 1.95. The van der Waals surface area contributed by atoms with Crippen LogP contribution in [0.15, 0.2) is 12.1 Å². The Morgan fingerprint density at radius 3 is 2.56 bits per heavy atom. The number of halogens is 1. The predicted octanol–water partition coefficient (Wildman–Crippen LogP) is 3.09. The summed E-state index contributed by atoms with van der Waals surface area (Å²) in [6, 6.07) is 5.39. The van der Waals surface area contributed by atoms with Gasteiger partial charge in [-0.25, -0.2) is 4.98 Å². The van der Waals surface area contributed by atoms with E-state index in [1.54, 1.807) is 12.1 Å². The quantitative estimate of drug-likeness (QED) is 0.742. The molecule has 0 aromatic carbocycles. The normalized spacial score (nSPS) is 11.0. The Balaban J connectivity index is 2.96. The molecule has 0 unspecified atom stereocenters. The molecule has 0 spiro atoms. The van der Waals surface area contributed by atoms with E-state index in [-0.39, 0.29) is 5.41 Å². The van der Waals surface area contributed by atoms with Gasteiger partial charge in [0.05, 0.1) is 11.6 Å². The first-order chi connectivity index (χ1) is 7.31. The number of rotatable bonds is 2. The van der Waals surface area contributed by atoms with Crippen molar-refractivity contribution in [1.29, 1.82) is 5.26 Å². The molecular weight excluding hydrogens is 222 g/mol. The minimum atomic E-state index is 0.172. The summed E-state index contributed by atoms with van der Waals surface area (Å²) >= 11 is 5.86. The summed E-state index contributed by atoms with van der Waals surface area (Å²) in [6.07, 6.45) is 0. The Labute approximate surface area is 102 Å². The second kappa shape index (κ2) is 4.71. The number of pyridine rings is 1. The molecule has 0 fully saturated rings. The van der Waals surface area contributed by atoms with Crippen molar-refractivity contribution in [2.24, 2.45) is 5.41 Å². The smallest absolute Gasteiger partial charge is 0.132 e. The van der Waals surface area contributed by atoms with Crippen molar-refractivity contribution in [3.63, 3.8) is 0 Å². The Kier molecular flexibility index (Phi) is 3.77. The molecule has 0 aliphatic carbocycles. The maximum atomic E-state index is 8.85. The highest BCUT2D eigenvalue weighted by Crippen LogP contribution is 2.21. The zero-order chi connectivity index (χ0) is 12.3. The van der Waals surface area contributed by atoms with E-state index < -0.39 is 0 Å². The van der Waals surface area contributed by atoms with Crippen LogP contribution >= 0.6 is 11.6 Å². The van der Waals surface area contributed by atoms with Gasteiger partial charge in [-0.2, -0.15) is 5.26 Å². The molecular formula is C12H16ClN3. The van der Waals surface area contributed by atoms with Gasteiger partial charge in [0.1, 0.15) is 11.0 Å². The highest BCUT2D eigenvalue weighted by Gasteiger charge is 2.15. The molecule has 3 nitrogen and oxygen atoms in total. The first kappa shape index (κ1) is 12.8. The molecule has 1 heterocycles. The Bertz CT molecular complexity index is 415. The summed E-state index contributed by atoms with van der Waals surface area (Å²) in [4.78, 5) is 6.21. The Morgan fingerprint density at radius 2 is 2.06 bits per heavy atom. The van der Waals surface area contributed by atoms with Crippen molar-refractivity contribution in [3.8, 4) is 6.07 Å². The third-order valence-electron chi connectivity index (χ3n) is 2.01. The molecule has 1 aromatic rings. The third kappa shape index (κ3) is 3.71. The second-order valence-electron chi connectivity index (χ2n) is 5.07. The summed E-state index contributed by atoms with van der Waals surface area (Å²) in [6.45, 7) is 7.31. The maximum absolute atomic E-state index is 8.85. The van der Waals surface area contributed by atoms with Crippen molar-refractivity contribution < 1.29 is 0 Å². The number of nitriles is 1. The van der Waals surface area contributed by atoms with Crippen molar-refractivity contribution in [1.82, 2.24) is 4.98 Å². The molecule has 0 atom stereocenters. The highest BCUT2D eigenvalue weighted by molar-refractivity contribution is 6.29. The van der Waals surface area contributed by atoms with E-state index in [0.717, 1.165) is 12.4 Å². The van der Waals surface area contributed by atoms with Gasteiger partial charge in [-0.1, -0.05) is 32.4 Å². The zero-order valence-corrected chi connectivity index (χ0v) is 10.8. The molecule has 0 N–H and O–H groups in total. The van der Waals surface area contributed by atoms with E-state index >= 15 is 0 Å². The van der Waals surface area contributed by atoms with Crippen LogP contribution in [0.2, 0.25) is 5.15 Å². The summed E-state index contributed by atoms with van der Waals surface area (Å²) < 4.78 is 0. The van der Waals surface area contributed by atoms with E-state index in [2.05, 4.69) is 31.8 Å². The van der Waals surface area contributed by atoms with Crippen molar-refractivity contribution in [3.05, 3.63) is 22.8 Å². The maximum Gasteiger partial charge on any atom is 0.132 e. The van der Waals surface area contributed by atoms with Crippen molar-refractivity contribution in [2.45, 2.75) is 20.8 Å². The lowest BCUT2D eigenvalue weighted by atomic mass is 9.96. The average molecular weight is 238 g/mol. The van der Waals surface area contributed by atoms with Crippen molar-refractivity contribution in [2.75, 3.05) is 18.5 Å². The van der Waals surface area contributed by atoms with Crippen LogP contribution < -0.4 is 4.90 Å². The van der Waals surface area contributed by atoms with Crippen LogP contribution in [0.4, 0.5) is 5.82 Å². The third-order valence-corrected chi connectivity index (χ3v) is 2.21. The van der Waals surface area contributed by atoms with Gasteiger partial charge in [0.25, 0.3) is 0 Å². The molecule has 16 heavy (non-hydrogen) atoms. The average Bonchev–Trinajstić information content (AvgIpc) is 2.14. The van der Waals surface area contributed by atoms with E-state index in [9.17, 15) is 0 Å². The van der Waals surface area contributed by atoms with Gasteiger partial charge < -0.3 is 4.90 Å². The molecule has 86 valence electrons. The minimum Gasteiger partial charge on any atom is -0.359 e. The number of hydrogen-bond donors (Lipinski definition) is 0. The first-order valence-electron chi connectivity index (χ1n) is 5.11. The van der Waals surface area contributed by atoms with Crippen LogP contribution in [0.3, 0.4) is 0 Å². The molecule has 1 aromatic heterocycles. The van der Waals surface area contributed by atoms with E-state index in [1.807, 2.05) is 11.9 Å². The fourth-order valence-electron chi connectivity index (χ4n) is 1.54. The van der Waals surface area contributed by atoms with Crippen LogP contribution in [0, 0.1) is 16.7 Å². The molecule has 0 aliphatic heterocycles. The lowest BCUT2D eigenvalue weighted by Gasteiger charge is -2.27. The number of anilines is 1. The van der Waals surface area contributed by atoms with Crippen LogP contribution in [0.25, 0.3) is 0 Å². The first-order valence-corrected chi connectivity index (χ1v) is 5.48. The fourth-order valence-corrected chi connectivity index (χ4v) is 1.74. The van der Waals surface area contributed by atoms with Gasteiger partial charge in [-0.3, -0.25) is 0 Å². The molecule has 0 radical (unpaired) electrons. The van der Waals surface area contributed by atoms with Gasteiger partial charge in [0.2, 0.25) is 0 Å². The highest BCUT2D eigenvalue weighted by atomic mass is 35.5. The molecule has 0 amide bonds. The second-order valence-corrected chi connectivity index (χ2v) is 5.45. The Morgan fingerprint density at radius 1 is 1.44 bits per heavy atom. The number of hydrogen-bond acceptors (Lipinski definition) is 3. The van der Waals surface area contributed by atoms with Crippen LogP contribution in [0.5, 0.6) is 0 Å². The summed E-state index contributed by atoms with van der Waals surface area (Å²) in [5.74, 6) is 0.735. The lowest BCUT2D eigenvalue weighted by Crippen LogP contribution is -2.29. The zero-order valence-electron chi connectivity index (χ0n) is 10.1. The van der Waals surface area contributed by atoms with Gasteiger partial charge in [-0.15, -0.1) is 0 Å². The van der Waals surface area contributed by atoms with Crippen LogP contribution in [0.1, 0.15) is 26.3 Å². The predicted molar refractivity (Wildman–Crippen MR) is 66.7 cm³/mol. The molecule has 1 rings (SSSR count). The molecule has 0 aliphatic rings. The van der Waals surface area contributed by atoms with E-state index in [1.165, 1.54) is 0 Å². The van der Waals surface area contributed by atoms with Crippen LogP contribution in [-0.4, -0.2) is 18.6 Å². The largest absolute Gasteiger partial charge is 0.359 e. The minimum absolute atomic E-state index is 0.172. The topological polar surface area (TPSA) is 39.9 Å². The van der Waals surface area contributed by atoms with Crippen LogP contribution in [-0.2, 0) is 0 Å². The number of nitrogens with zero attached hydrogens (tertiary/aromatic N) is 3.